The van der Waals surface area contributed by atoms with E-state index in [4.69, 9.17) is 21.4 Å². The fourth-order valence-electron chi connectivity index (χ4n) is 4.38. The number of aryl methyl sites for hydroxylation is 2. The molecule has 0 aliphatic carbocycles. The molecule has 1 atom stereocenters. The molecule has 4 rings (SSSR count). The third kappa shape index (κ3) is 5.05. The summed E-state index contributed by atoms with van der Waals surface area (Å²) in [5, 5.41) is 4.77. The van der Waals surface area contributed by atoms with Crippen LogP contribution in [0.2, 0.25) is 4.34 Å². The lowest BCUT2D eigenvalue weighted by Gasteiger charge is -2.30. The van der Waals surface area contributed by atoms with Crippen molar-refractivity contribution in [1.82, 2.24) is 14.7 Å². The van der Waals surface area contributed by atoms with Gasteiger partial charge in [-0.3, -0.25) is 9.59 Å². The molecule has 3 heterocycles. The summed E-state index contributed by atoms with van der Waals surface area (Å²) >= 11 is 7.65. The molecule has 1 fully saturated rings. The maximum atomic E-state index is 13.6. The van der Waals surface area contributed by atoms with E-state index in [1.807, 2.05) is 56.0 Å². The molecule has 180 valence electrons. The average Bonchev–Trinajstić information content (AvgIpc) is 3.55. The van der Waals surface area contributed by atoms with Gasteiger partial charge in [-0.2, -0.15) is 5.10 Å². The first-order valence-electron chi connectivity index (χ1n) is 11.5. The SMILES string of the molecule is COc1ccccc1C(=O)n1nc(C2CCCN2C(=O)C(C)(C)C)cc1CCc1ccc(Cl)s1. The fraction of sp³-hybridized carbons (Fsp3) is 0.423. The van der Waals surface area contributed by atoms with Gasteiger partial charge in [0, 0.05) is 22.5 Å². The van der Waals surface area contributed by atoms with Crippen LogP contribution in [0, 0.1) is 5.41 Å². The summed E-state index contributed by atoms with van der Waals surface area (Å²) in [7, 11) is 1.55. The van der Waals surface area contributed by atoms with E-state index in [2.05, 4.69) is 0 Å². The second kappa shape index (κ2) is 9.92. The van der Waals surface area contributed by atoms with Crippen molar-refractivity contribution in [3.8, 4) is 5.75 Å². The van der Waals surface area contributed by atoms with Crippen LogP contribution >= 0.6 is 22.9 Å². The van der Waals surface area contributed by atoms with E-state index < -0.39 is 5.41 Å². The van der Waals surface area contributed by atoms with Gasteiger partial charge >= 0.3 is 0 Å². The highest BCUT2D eigenvalue weighted by Crippen LogP contribution is 2.35. The van der Waals surface area contributed by atoms with Crippen LogP contribution in [-0.4, -0.2) is 40.1 Å². The number of methoxy groups -OCH3 is 1. The quantitative estimate of drug-likeness (QED) is 0.430. The van der Waals surface area contributed by atoms with Crippen LogP contribution in [0.3, 0.4) is 0 Å². The van der Waals surface area contributed by atoms with Gasteiger partial charge in [0.1, 0.15) is 5.75 Å². The minimum absolute atomic E-state index is 0.107. The van der Waals surface area contributed by atoms with E-state index in [-0.39, 0.29) is 17.9 Å². The van der Waals surface area contributed by atoms with Gasteiger partial charge < -0.3 is 9.64 Å². The van der Waals surface area contributed by atoms with Crippen molar-refractivity contribution in [3.05, 3.63) is 68.6 Å². The molecule has 2 aromatic heterocycles. The number of rotatable bonds is 6. The highest BCUT2D eigenvalue weighted by atomic mass is 35.5. The van der Waals surface area contributed by atoms with Crippen LogP contribution in [0.4, 0.5) is 0 Å². The Bertz CT molecular complexity index is 1190. The summed E-state index contributed by atoms with van der Waals surface area (Å²) < 4.78 is 7.66. The average molecular weight is 500 g/mol. The zero-order valence-electron chi connectivity index (χ0n) is 20.0. The van der Waals surface area contributed by atoms with Crippen LogP contribution in [0.25, 0.3) is 0 Å². The van der Waals surface area contributed by atoms with Gasteiger partial charge in [0.15, 0.2) is 0 Å². The Morgan fingerprint density at radius 1 is 1.18 bits per heavy atom. The number of nitrogens with zero attached hydrogens (tertiary/aromatic N) is 3. The molecule has 1 aliphatic rings. The molecule has 0 bridgehead atoms. The minimum atomic E-state index is -0.473. The number of carbonyl (C=O) groups is 2. The normalized spacial score (nSPS) is 16.1. The maximum absolute atomic E-state index is 13.6. The first-order valence-corrected chi connectivity index (χ1v) is 12.7. The summed E-state index contributed by atoms with van der Waals surface area (Å²) in [5.74, 6) is 0.371. The maximum Gasteiger partial charge on any atom is 0.282 e. The second-order valence-electron chi connectivity index (χ2n) is 9.59. The number of carbonyl (C=O) groups excluding carboxylic acids is 2. The summed E-state index contributed by atoms with van der Waals surface area (Å²) in [6, 6.07) is 12.9. The first kappa shape index (κ1) is 24.5. The summed E-state index contributed by atoms with van der Waals surface area (Å²) in [6.07, 6.45) is 3.13. The van der Waals surface area contributed by atoms with Crippen molar-refractivity contribution >= 4 is 34.8 Å². The topological polar surface area (TPSA) is 64.4 Å². The van der Waals surface area contributed by atoms with Gasteiger partial charge in [-0.05, 0) is 56.0 Å². The van der Waals surface area contributed by atoms with Crippen molar-refractivity contribution in [2.75, 3.05) is 13.7 Å². The van der Waals surface area contributed by atoms with Gasteiger partial charge in [0.25, 0.3) is 5.91 Å². The van der Waals surface area contributed by atoms with E-state index in [1.165, 1.54) is 4.68 Å². The third-order valence-corrected chi connectivity index (χ3v) is 7.38. The Hall–Kier alpha value is -2.64. The highest BCUT2D eigenvalue weighted by molar-refractivity contribution is 7.16. The van der Waals surface area contributed by atoms with E-state index in [0.29, 0.717) is 24.3 Å². The number of hydrogen-bond acceptors (Lipinski definition) is 5. The monoisotopic (exact) mass is 499 g/mol. The Kier molecular flexibility index (Phi) is 7.14. The molecule has 0 N–H and O–H groups in total. The molecular formula is C26H30ClN3O3S. The number of halogens is 1. The molecule has 6 nitrogen and oxygen atoms in total. The number of amides is 1. The molecular weight excluding hydrogens is 470 g/mol. The van der Waals surface area contributed by atoms with Crippen molar-refractivity contribution in [3.63, 3.8) is 0 Å². The molecule has 1 unspecified atom stereocenters. The Morgan fingerprint density at radius 3 is 2.62 bits per heavy atom. The van der Waals surface area contributed by atoms with E-state index >= 15 is 0 Å². The van der Waals surface area contributed by atoms with E-state index in [1.54, 1.807) is 30.6 Å². The summed E-state index contributed by atoms with van der Waals surface area (Å²) in [5.41, 5.74) is 1.55. The zero-order chi connectivity index (χ0) is 24.5. The molecule has 0 radical (unpaired) electrons. The van der Waals surface area contributed by atoms with Crippen LogP contribution in [0.1, 0.15) is 66.3 Å². The summed E-state index contributed by atoms with van der Waals surface area (Å²) in [4.78, 5) is 29.7. The predicted molar refractivity (Wildman–Crippen MR) is 135 cm³/mol. The third-order valence-electron chi connectivity index (χ3n) is 6.08. The Labute approximate surface area is 209 Å². The van der Waals surface area contributed by atoms with E-state index in [9.17, 15) is 9.59 Å². The number of hydrogen-bond donors (Lipinski definition) is 0. The van der Waals surface area contributed by atoms with Crippen molar-refractivity contribution in [2.24, 2.45) is 5.41 Å². The molecule has 3 aromatic rings. The molecule has 1 aliphatic heterocycles. The molecule has 0 spiro atoms. The molecule has 1 saturated heterocycles. The standard InChI is InChI=1S/C26H30ClN3O3S/c1-26(2,3)25(32)29-15-7-9-21(29)20-16-17(11-12-18-13-14-23(27)34-18)30(28-20)24(31)19-8-5-6-10-22(19)33-4/h5-6,8,10,13-14,16,21H,7,9,11-12,15H2,1-4H3. The molecule has 34 heavy (non-hydrogen) atoms. The summed E-state index contributed by atoms with van der Waals surface area (Å²) in [6.45, 7) is 6.52. The van der Waals surface area contributed by atoms with Crippen LogP contribution in [-0.2, 0) is 17.6 Å². The lowest BCUT2D eigenvalue weighted by atomic mass is 9.94. The lowest BCUT2D eigenvalue weighted by molar-refractivity contribution is -0.140. The number of para-hydroxylation sites is 1. The largest absolute Gasteiger partial charge is 0.496 e. The fourth-order valence-corrected chi connectivity index (χ4v) is 5.47. The molecule has 0 saturated carbocycles. The van der Waals surface area contributed by atoms with Crippen LogP contribution in [0.15, 0.2) is 42.5 Å². The number of aromatic nitrogens is 2. The Balaban J connectivity index is 1.70. The molecule has 1 amide bonds. The van der Waals surface area contributed by atoms with Gasteiger partial charge in [-0.25, -0.2) is 4.68 Å². The van der Waals surface area contributed by atoms with Crippen molar-refractivity contribution < 1.29 is 14.3 Å². The predicted octanol–water partition coefficient (Wildman–Crippen LogP) is 5.79. The first-order chi connectivity index (χ1) is 16.2. The number of thiophene rings is 1. The second-order valence-corrected chi connectivity index (χ2v) is 11.4. The highest BCUT2D eigenvalue weighted by Gasteiger charge is 2.37. The smallest absolute Gasteiger partial charge is 0.282 e. The molecule has 1 aromatic carbocycles. The number of likely N-dealkylation sites (tertiary alicyclic amines) is 1. The number of ether oxygens (including phenoxy) is 1. The van der Waals surface area contributed by atoms with Gasteiger partial charge in [-0.15, -0.1) is 11.3 Å². The Morgan fingerprint density at radius 2 is 1.94 bits per heavy atom. The van der Waals surface area contributed by atoms with Crippen molar-refractivity contribution in [1.29, 1.82) is 0 Å². The van der Waals surface area contributed by atoms with Gasteiger partial charge in [-0.1, -0.05) is 44.5 Å². The minimum Gasteiger partial charge on any atom is -0.496 e. The lowest BCUT2D eigenvalue weighted by Crippen LogP contribution is -2.39. The van der Waals surface area contributed by atoms with Crippen LogP contribution < -0.4 is 4.74 Å². The zero-order valence-corrected chi connectivity index (χ0v) is 21.6. The molecule has 8 heteroatoms. The number of benzene rings is 1. The van der Waals surface area contributed by atoms with Crippen LogP contribution in [0.5, 0.6) is 5.75 Å². The van der Waals surface area contributed by atoms with Crippen molar-refractivity contribution in [2.45, 2.75) is 52.5 Å². The van der Waals surface area contributed by atoms with Gasteiger partial charge in [0.05, 0.1) is 28.7 Å². The van der Waals surface area contributed by atoms with E-state index in [0.717, 1.165) is 39.9 Å². The van der Waals surface area contributed by atoms with Gasteiger partial charge in [0.2, 0.25) is 5.91 Å².